The van der Waals surface area contributed by atoms with E-state index in [9.17, 15) is 4.39 Å². The van der Waals surface area contributed by atoms with E-state index in [1.54, 1.807) is 13.0 Å². The Balaban J connectivity index is 2.56. The van der Waals surface area contributed by atoms with Crippen LogP contribution in [0, 0.1) is 5.82 Å². The zero-order valence-corrected chi connectivity index (χ0v) is 9.12. The monoisotopic (exact) mass is 228 g/mol. The summed E-state index contributed by atoms with van der Waals surface area (Å²) in [6, 6.07) is 1.64. The van der Waals surface area contributed by atoms with Crippen LogP contribution < -0.4 is 14.2 Å². The van der Waals surface area contributed by atoms with Crippen molar-refractivity contribution in [1.29, 1.82) is 0 Å². The van der Waals surface area contributed by atoms with Gasteiger partial charge in [-0.1, -0.05) is 6.92 Å². The fourth-order valence-corrected chi connectivity index (χ4v) is 1.68. The normalized spacial score (nSPS) is 15.0. The Kier molecular flexibility index (Phi) is 2.87. The molecule has 1 aromatic rings. The third kappa shape index (κ3) is 1.57. The summed E-state index contributed by atoms with van der Waals surface area (Å²) < 4.78 is 29.0. The number of aliphatic hydroxyl groups excluding tert-OH is 1. The summed E-state index contributed by atoms with van der Waals surface area (Å²) in [7, 11) is 1.38. The minimum Gasteiger partial charge on any atom is -0.493 e. The van der Waals surface area contributed by atoms with Crippen LogP contribution in [0.5, 0.6) is 17.2 Å². The lowest BCUT2D eigenvalue weighted by molar-refractivity contribution is 0.170. The summed E-state index contributed by atoms with van der Waals surface area (Å²) in [5, 5.41) is 9.10. The minimum absolute atomic E-state index is 0.00632. The van der Waals surface area contributed by atoms with Crippen LogP contribution in [0.25, 0.3) is 0 Å². The fourth-order valence-electron chi connectivity index (χ4n) is 1.68. The molecule has 2 rings (SSSR count). The molecule has 1 atom stereocenters. The average molecular weight is 228 g/mol. The predicted octanol–water partition coefficient (Wildman–Crippen LogP) is 1.66. The van der Waals surface area contributed by atoms with Gasteiger partial charge in [0.2, 0.25) is 18.4 Å². The van der Waals surface area contributed by atoms with Crippen molar-refractivity contribution in [3.63, 3.8) is 0 Å². The third-order valence-corrected chi connectivity index (χ3v) is 2.60. The van der Waals surface area contributed by atoms with Gasteiger partial charge in [0.1, 0.15) is 0 Å². The van der Waals surface area contributed by atoms with Gasteiger partial charge in [0.25, 0.3) is 0 Å². The number of fused-ring (bicyclic) bond motifs is 1. The number of hydrogen-bond donors (Lipinski definition) is 1. The van der Waals surface area contributed by atoms with Crippen molar-refractivity contribution in [2.24, 2.45) is 0 Å². The molecule has 0 saturated heterocycles. The van der Waals surface area contributed by atoms with E-state index in [1.807, 2.05) is 0 Å². The molecule has 0 spiro atoms. The third-order valence-electron chi connectivity index (χ3n) is 2.60. The summed E-state index contributed by atoms with van der Waals surface area (Å²) in [5.41, 5.74) is 0.576. The van der Waals surface area contributed by atoms with Crippen LogP contribution in [0.4, 0.5) is 4.39 Å². The summed E-state index contributed by atoms with van der Waals surface area (Å²) in [4.78, 5) is 0. The molecule has 88 valence electrons. The van der Waals surface area contributed by atoms with E-state index < -0.39 is 5.82 Å². The molecule has 1 aliphatic rings. The van der Waals surface area contributed by atoms with Crippen molar-refractivity contribution in [3.8, 4) is 17.2 Å². The highest BCUT2D eigenvalue weighted by molar-refractivity contribution is 5.54. The van der Waals surface area contributed by atoms with Gasteiger partial charge in [0, 0.05) is 18.1 Å². The molecule has 1 N–H and O–H groups in total. The van der Waals surface area contributed by atoms with E-state index in [2.05, 4.69) is 0 Å². The van der Waals surface area contributed by atoms with Crippen LogP contribution in [0.3, 0.4) is 0 Å². The van der Waals surface area contributed by atoms with Crippen LogP contribution >= 0.6 is 0 Å². The van der Waals surface area contributed by atoms with Crippen LogP contribution in [0.1, 0.15) is 18.4 Å². The minimum atomic E-state index is -0.576. The quantitative estimate of drug-likeness (QED) is 0.854. The second-order valence-electron chi connectivity index (χ2n) is 3.63. The summed E-state index contributed by atoms with van der Waals surface area (Å²) in [6.07, 6.45) is 0. The first kappa shape index (κ1) is 11.0. The molecular formula is C11H13FO4. The number of ether oxygens (including phenoxy) is 3. The predicted molar refractivity (Wildman–Crippen MR) is 54.6 cm³/mol. The molecular weight excluding hydrogens is 215 g/mol. The van der Waals surface area contributed by atoms with Crippen LogP contribution in [-0.2, 0) is 0 Å². The Morgan fingerprint density at radius 2 is 2.31 bits per heavy atom. The molecule has 1 aliphatic heterocycles. The lowest BCUT2D eigenvalue weighted by Gasteiger charge is -2.15. The lowest BCUT2D eigenvalue weighted by Crippen LogP contribution is -2.04. The Bertz CT molecular complexity index is 405. The maximum Gasteiger partial charge on any atom is 0.231 e. The zero-order chi connectivity index (χ0) is 11.7. The van der Waals surface area contributed by atoms with Crippen LogP contribution in [0.2, 0.25) is 0 Å². The molecule has 4 nitrogen and oxygen atoms in total. The standard InChI is InChI=1S/C11H13FO4/c1-6(4-13)7-3-8-11(16-5-15-8)9(12)10(7)14-2/h3,6,13H,4-5H2,1-2H3. The largest absolute Gasteiger partial charge is 0.493 e. The Morgan fingerprint density at radius 1 is 1.56 bits per heavy atom. The second kappa shape index (κ2) is 4.17. The molecule has 16 heavy (non-hydrogen) atoms. The SMILES string of the molecule is COc1c(C(C)CO)cc2c(c1F)OCO2. The van der Waals surface area contributed by atoms with Gasteiger partial charge >= 0.3 is 0 Å². The van der Waals surface area contributed by atoms with Crippen LogP contribution in [-0.4, -0.2) is 25.6 Å². The molecule has 1 unspecified atom stereocenters. The van der Waals surface area contributed by atoms with Gasteiger partial charge in [0.05, 0.1) is 7.11 Å². The molecule has 0 radical (unpaired) electrons. The molecule has 0 amide bonds. The first-order chi connectivity index (χ1) is 7.69. The van der Waals surface area contributed by atoms with E-state index in [4.69, 9.17) is 19.3 Å². The lowest BCUT2D eigenvalue weighted by atomic mass is 10.00. The van der Waals surface area contributed by atoms with Crippen molar-refractivity contribution >= 4 is 0 Å². The van der Waals surface area contributed by atoms with Gasteiger partial charge in [-0.2, -0.15) is 4.39 Å². The summed E-state index contributed by atoms with van der Waals surface area (Å²) in [5.74, 6) is -0.267. The highest BCUT2D eigenvalue weighted by atomic mass is 19.1. The van der Waals surface area contributed by atoms with E-state index in [0.717, 1.165) is 0 Å². The number of halogens is 1. The molecule has 1 heterocycles. The highest BCUT2D eigenvalue weighted by Gasteiger charge is 2.27. The van der Waals surface area contributed by atoms with Gasteiger partial charge in [-0.15, -0.1) is 0 Å². The fraction of sp³-hybridized carbons (Fsp3) is 0.455. The maximum absolute atomic E-state index is 13.9. The van der Waals surface area contributed by atoms with Crippen molar-refractivity contribution in [2.75, 3.05) is 20.5 Å². The number of aliphatic hydroxyl groups is 1. The van der Waals surface area contributed by atoms with Crippen molar-refractivity contribution in [3.05, 3.63) is 17.4 Å². The van der Waals surface area contributed by atoms with E-state index >= 15 is 0 Å². The van der Waals surface area contributed by atoms with Gasteiger partial charge in [-0.25, -0.2) is 0 Å². The summed E-state index contributed by atoms with van der Waals surface area (Å²) in [6.45, 7) is 1.70. The molecule has 0 aromatic heterocycles. The van der Waals surface area contributed by atoms with Crippen molar-refractivity contribution < 1.29 is 23.7 Å². The smallest absolute Gasteiger partial charge is 0.231 e. The first-order valence-corrected chi connectivity index (χ1v) is 4.95. The van der Waals surface area contributed by atoms with Gasteiger partial charge < -0.3 is 19.3 Å². The Hall–Kier alpha value is -1.49. The number of hydrogen-bond acceptors (Lipinski definition) is 4. The number of methoxy groups -OCH3 is 1. The molecule has 1 aromatic carbocycles. The molecule has 0 aliphatic carbocycles. The van der Waals surface area contributed by atoms with Gasteiger partial charge in [-0.3, -0.25) is 0 Å². The molecule has 5 heteroatoms. The van der Waals surface area contributed by atoms with Gasteiger partial charge in [-0.05, 0) is 6.07 Å². The van der Waals surface area contributed by atoms with E-state index in [0.29, 0.717) is 11.3 Å². The molecule has 0 fully saturated rings. The molecule has 0 saturated carbocycles. The second-order valence-corrected chi connectivity index (χ2v) is 3.63. The molecule has 0 bridgehead atoms. The first-order valence-electron chi connectivity index (χ1n) is 4.95. The maximum atomic E-state index is 13.9. The highest BCUT2D eigenvalue weighted by Crippen LogP contribution is 2.43. The zero-order valence-electron chi connectivity index (χ0n) is 9.12. The number of rotatable bonds is 3. The Labute approximate surface area is 92.6 Å². The van der Waals surface area contributed by atoms with Gasteiger partial charge in [0.15, 0.2) is 11.5 Å². The topological polar surface area (TPSA) is 47.9 Å². The van der Waals surface area contributed by atoms with Crippen LogP contribution in [0.15, 0.2) is 6.07 Å². The van der Waals surface area contributed by atoms with E-state index in [1.165, 1.54) is 7.11 Å². The number of benzene rings is 1. The van der Waals surface area contributed by atoms with Crippen molar-refractivity contribution in [2.45, 2.75) is 12.8 Å². The van der Waals surface area contributed by atoms with Crippen molar-refractivity contribution in [1.82, 2.24) is 0 Å². The Morgan fingerprint density at radius 3 is 2.94 bits per heavy atom. The average Bonchev–Trinajstić information content (AvgIpc) is 2.76. The van der Waals surface area contributed by atoms with E-state index in [-0.39, 0.29) is 30.8 Å². The summed E-state index contributed by atoms with van der Waals surface area (Å²) >= 11 is 0.